The minimum absolute atomic E-state index is 0.0307. The molecule has 1 unspecified atom stereocenters. The molecule has 0 saturated heterocycles. The molecule has 1 atom stereocenters. The van der Waals surface area contributed by atoms with Crippen LogP contribution in [-0.2, 0) is 21.2 Å². The van der Waals surface area contributed by atoms with Gasteiger partial charge >= 0.3 is 0 Å². The lowest BCUT2D eigenvalue weighted by Gasteiger charge is -2.13. The summed E-state index contributed by atoms with van der Waals surface area (Å²) in [7, 11) is -1.98. The number of carbonyl (C=O) groups is 1. The predicted octanol–water partition coefficient (Wildman–Crippen LogP) is 0.255. The first-order chi connectivity index (χ1) is 9.88. The van der Waals surface area contributed by atoms with Gasteiger partial charge in [0.25, 0.3) is 0 Å². The zero-order chi connectivity index (χ0) is 15.2. The van der Waals surface area contributed by atoms with Crippen LogP contribution in [0.25, 0.3) is 0 Å². The van der Waals surface area contributed by atoms with Gasteiger partial charge in [-0.25, -0.2) is 13.1 Å². The molecule has 2 N–H and O–H groups in total. The molecule has 21 heavy (non-hydrogen) atoms. The van der Waals surface area contributed by atoms with Crippen LogP contribution in [0.5, 0.6) is 0 Å². The zero-order valence-corrected chi connectivity index (χ0v) is 12.6. The van der Waals surface area contributed by atoms with Gasteiger partial charge in [0, 0.05) is 19.3 Å². The SMILES string of the molecule is CN1C(=O)Cc2cc(S(=O)(=O)NCC(O)C3CC3)ccc21. The molecule has 0 bridgehead atoms. The summed E-state index contributed by atoms with van der Waals surface area (Å²) in [6, 6.07) is 4.66. The Morgan fingerprint density at radius 2 is 2.14 bits per heavy atom. The molecule has 0 radical (unpaired) electrons. The number of rotatable bonds is 5. The van der Waals surface area contributed by atoms with E-state index in [0.29, 0.717) is 5.56 Å². The highest BCUT2D eigenvalue weighted by Crippen LogP contribution is 2.32. The van der Waals surface area contributed by atoms with Gasteiger partial charge in [0.15, 0.2) is 0 Å². The van der Waals surface area contributed by atoms with Crippen LogP contribution < -0.4 is 9.62 Å². The first-order valence-electron chi connectivity index (χ1n) is 6.96. The summed E-state index contributed by atoms with van der Waals surface area (Å²) < 4.78 is 26.9. The highest BCUT2D eigenvalue weighted by Gasteiger charge is 2.31. The minimum atomic E-state index is -3.66. The number of anilines is 1. The van der Waals surface area contributed by atoms with Crippen LogP contribution in [0.3, 0.4) is 0 Å². The molecule has 1 aromatic carbocycles. The number of hydrogen-bond donors (Lipinski definition) is 2. The van der Waals surface area contributed by atoms with Crippen molar-refractivity contribution in [2.24, 2.45) is 5.92 Å². The fourth-order valence-electron chi connectivity index (χ4n) is 2.54. The third-order valence-corrected chi connectivity index (χ3v) is 5.51. The molecule has 6 nitrogen and oxygen atoms in total. The van der Waals surface area contributed by atoms with E-state index in [-0.39, 0.29) is 29.7 Å². The highest BCUT2D eigenvalue weighted by atomic mass is 32.2. The largest absolute Gasteiger partial charge is 0.391 e. The molecular formula is C14H18N2O4S. The lowest BCUT2D eigenvalue weighted by molar-refractivity contribution is -0.117. The van der Waals surface area contributed by atoms with Crippen molar-refractivity contribution in [3.63, 3.8) is 0 Å². The normalized spacial score (nSPS) is 19.7. The van der Waals surface area contributed by atoms with Crippen LogP contribution in [0.15, 0.2) is 23.1 Å². The number of nitrogens with one attached hydrogen (secondary N) is 1. The maximum absolute atomic E-state index is 12.2. The molecule has 1 aliphatic carbocycles. The van der Waals surface area contributed by atoms with Crippen molar-refractivity contribution in [2.45, 2.75) is 30.3 Å². The van der Waals surface area contributed by atoms with Crippen molar-refractivity contribution in [1.82, 2.24) is 4.72 Å². The molecule has 1 fully saturated rings. The maximum Gasteiger partial charge on any atom is 0.240 e. The Balaban J connectivity index is 1.77. The third-order valence-electron chi connectivity index (χ3n) is 4.09. The van der Waals surface area contributed by atoms with E-state index < -0.39 is 16.1 Å². The van der Waals surface area contributed by atoms with Gasteiger partial charge in [0.05, 0.1) is 17.4 Å². The highest BCUT2D eigenvalue weighted by molar-refractivity contribution is 7.89. The standard InChI is InChI=1S/C14H18N2O4S/c1-16-12-5-4-11(6-10(12)7-14(16)18)21(19,20)15-8-13(17)9-2-3-9/h4-6,9,13,15,17H,2-3,7-8H2,1H3. The summed E-state index contributed by atoms with van der Waals surface area (Å²) in [5.74, 6) is 0.177. The number of carbonyl (C=O) groups excluding carboxylic acids is 1. The summed E-state index contributed by atoms with van der Waals surface area (Å²) in [6.45, 7) is 0.0307. The minimum Gasteiger partial charge on any atom is -0.391 e. The molecule has 0 spiro atoms. The monoisotopic (exact) mass is 310 g/mol. The number of benzene rings is 1. The Labute approximate surface area is 123 Å². The van der Waals surface area contributed by atoms with E-state index in [0.717, 1.165) is 18.5 Å². The molecule has 1 aliphatic heterocycles. The Hall–Kier alpha value is -1.44. The molecule has 3 rings (SSSR count). The van der Waals surface area contributed by atoms with E-state index in [4.69, 9.17) is 0 Å². The molecule has 1 saturated carbocycles. The van der Waals surface area contributed by atoms with Crippen molar-refractivity contribution in [3.05, 3.63) is 23.8 Å². The van der Waals surface area contributed by atoms with Crippen LogP contribution >= 0.6 is 0 Å². The predicted molar refractivity (Wildman–Crippen MR) is 77.5 cm³/mol. The van der Waals surface area contributed by atoms with E-state index in [1.807, 2.05) is 0 Å². The summed E-state index contributed by atoms with van der Waals surface area (Å²) in [5.41, 5.74) is 1.46. The van der Waals surface area contributed by atoms with E-state index in [2.05, 4.69) is 4.72 Å². The van der Waals surface area contributed by atoms with Gasteiger partial charge in [0.1, 0.15) is 0 Å². The van der Waals surface area contributed by atoms with Crippen molar-refractivity contribution < 1.29 is 18.3 Å². The Morgan fingerprint density at radius 3 is 2.81 bits per heavy atom. The van der Waals surface area contributed by atoms with Gasteiger partial charge in [-0.3, -0.25) is 4.79 Å². The van der Waals surface area contributed by atoms with Crippen LogP contribution in [0.2, 0.25) is 0 Å². The quantitative estimate of drug-likeness (QED) is 0.816. The Bertz CT molecular complexity index is 682. The van der Waals surface area contributed by atoms with Crippen molar-refractivity contribution in [1.29, 1.82) is 0 Å². The fourth-order valence-corrected chi connectivity index (χ4v) is 3.64. The number of amides is 1. The topological polar surface area (TPSA) is 86.7 Å². The molecule has 1 amide bonds. The van der Waals surface area contributed by atoms with E-state index in [1.165, 1.54) is 17.0 Å². The number of aliphatic hydroxyl groups excluding tert-OH is 1. The molecule has 1 heterocycles. The van der Waals surface area contributed by atoms with Gasteiger partial charge in [-0.15, -0.1) is 0 Å². The third kappa shape index (κ3) is 2.81. The van der Waals surface area contributed by atoms with Gasteiger partial charge in [-0.05, 0) is 42.5 Å². The molecule has 7 heteroatoms. The van der Waals surface area contributed by atoms with Crippen molar-refractivity contribution in [2.75, 3.05) is 18.5 Å². The summed E-state index contributed by atoms with van der Waals surface area (Å²) >= 11 is 0. The number of nitrogens with zero attached hydrogens (tertiary/aromatic N) is 1. The second kappa shape index (κ2) is 5.08. The first kappa shape index (κ1) is 14.5. The lowest BCUT2D eigenvalue weighted by atomic mass is 10.2. The van der Waals surface area contributed by atoms with Crippen molar-refractivity contribution >= 4 is 21.6 Å². The number of sulfonamides is 1. The van der Waals surface area contributed by atoms with Crippen LogP contribution in [0.4, 0.5) is 5.69 Å². The molecule has 1 aromatic rings. The number of aliphatic hydroxyl groups is 1. The van der Waals surface area contributed by atoms with E-state index >= 15 is 0 Å². The van der Waals surface area contributed by atoms with E-state index in [9.17, 15) is 18.3 Å². The number of likely N-dealkylation sites (N-methyl/N-ethyl adjacent to an activating group) is 1. The zero-order valence-electron chi connectivity index (χ0n) is 11.7. The van der Waals surface area contributed by atoms with E-state index in [1.54, 1.807) is 13.1 Å². The molecule has 2 aliphatic rings. The number of fused-ring (bicyclic) bond motifs is 1. The Morgan fingerprint density at radius 1 is 1.43 bits per heavy atom. The van der Waals surface area contributed by atoms with Crippen molar-refractivity contribution in [3.8, 4) is 0 Å². The lowest BCUT2D eigenvalue weighted by Crippen LogP contribution is -2.33. The molecule has 0 aromatic heterocycles. The fraction of sp³-hybridized carbons (Fsp3) is 0.500. The van der Waals surface area contributed by atoms with Crippen LogP contribution in [0.1, 0.15) is 18.4 Å². The van der Waals surface area contributed by atoms with Gasteiger partial charge in [-0.1, -0.05) is 0 Å². The second-order valence-corrected chi connectivity index (χ2v) is 7.44. The Kier molecular flexibility index (Phi) is 3.51. The van der Waals surface area contributed by atoms with Gasteiger partial charge in [-0.2, -0.15) is 0 Å². The van der Waals surface area contributed by atoms with Crippen LogP contribution in [-0.4, -0.2) is 39.1 Å². The molecule has 114 valence electrons. The maximum atomic E-state index is 12.2. The average molecular weight is 310 g/mol. The van der Waals surface area contributed by atoms with Gasteiger partial charge < -0.3 is 10.0 Å². The van der Waals surface area contributed by atoms with Crippen LogP contribution in [0, 0.1) is 5.92 Å². The number of hydrogen-bond acceptors (Lipinski definition) is 4. The van der Waals surface area contributed by atoms with Gasteiger partial charge in [0.2, 0.25) is 15.9 Å². The smallest absolute Gasteiger partial charge is 0.240 e. The molecular weight excluding hydrogens is 292 g/mol. The summed E-state index contributed by atoms with van der Waals surface area (Å²) in [4.78, 5) is 13.3. The average Bonchev–Trinajstić information content (AvgIpc) is 3.24. The second-order valence-electron chi connectivity index (χ2n) is 5.68. The summed E-state index contributed by atoms with van der Waals surface area (Å²) in [6.07, 6.45) is 1.51. The first-order valence-corrected chi connectivity index (χ1v) is 8.44. The summed E-state index contributed by atoms with van der Waals surface area (Å²) in [5, 5.41) is 9.75.